The molecule has 2 nitrogen and oxygen atoms in total. The largest absolute Gasteiger partial charge is 0.870 e. The molecule has 2 N–H and O–H groups in total. The molecule has 1 aromatic carbocycles. The van der Waals surface area contributed by atoms with Gasteiger partial charge in [0, 0.05) is 0 Å². The van der Waals surface area contributed by atoms with Crippen LogP contribution >= 0.6 is 0 Å². The predicted molar refractivity (Wildman–Crippen MR) is 40.7 cm³/mol. The molecule has 76 valence electrons. The van der Waals surface area contributed by atoms with Gasteiger partial charge in [-0.1, -0.05) is 0 Å². The molecule has 0 amide bonds. The Bertz CT molecular complexity index is 300. The first-order valence-corrected chi connectivity index (χ1v) is 3.03. The van der Waals surface area contributed by atoms with Crippen molar-refractivity contribution in [2.75, 3.05) is 0 Å². The van der Waals surface area contributed by atoms with E-state index < -0.39 is 23.0 Å². The number of alkyl halides is 3. The Labute approximate surface area is 78.6 Å². The summed E-state index contributed by atoms with van der Waals surface area (Å²) in [5.41, 5.74) is -1.61. The molecule has 0 aliphatic rings. The van der Waals surface area contributed by atoms with Gasteiger partial charge >= 0.3 is 66.6 Å². The smallest absolute Gasteiger partial charge is 0.870 e. The maximum absolute atomic E-state index is 12.3. The van der Waals surface area contributed by atoms with Crippen LogP contribution in [0.2, 0.25) is 0 Å². The standard InChI is InChI=1S/C7H3BF4.2H2O/c8-6-3-4(9)1-2-5(6)7(10,11)12;;/h1-3H;2*1H2/q+2;;/p-2. The van der Waals surface area contributed by atoms with Crippen LogP contribution in [-0.2, 0) is 6.18 Å². The first-order valence-electron chi connectivity index (χ1n) is 3.03. The van der Waals surface area contributed by atoms with Gasteiger partial charge in [-0.15, -0.1) is 0 Å². The first-order chi connectivity index (χ1) is 5.41. The summed E-state index contributed by atoms with van der Waals surface area (Å²) in [7, 11) is 4.95. The van der Waals surface area contributed by atoms with E-state index >= 15 is 0 Å². The molecule has 0 bridgehead atoms. The van der Waals surface area contributed by atoms with Gasteiger partial charge in [0.1, 0.15) is 0 Å². The Morgan fingerprint density at radius 2 is 1.57 bits per heavy atom. The van der Waals surface area contributed by atoms with Crippen LogP contribution in [0.15, 0.2) is 18.2 Å². The monoisotopic (exact) mass is 208 g/mol. The summed E-state index contributed by atoms with van der Waals surface area (Å²) < 4.78 is 48.2. The van der Waals surface area contributed by atoms with Crippen molar-refractivity contribution in [1.82, 2.24) is 0 Å². The Balaban J connectivity index is 0. The van der Waals surface area contributed by atoms with Gasteiger partial charge in [-0.3, -0.25) is 0 Å². The zero-order chi connectivity index (χ0) is 9.35. The minimum atomic E-state index is -4.52. The summed E-state index contributed by atoms with van der Waals surface area (Å²) in [6.45, 7) is 0. The first kappa shape index (κ1) is 15.4. The number of benzene rings is 1. The maximum atomic E-state index is 12.3. The van der Waals surface area contributed by atoms with Gasteiger partial charge in [0.05, 0.1) is 0 Å². The molecule has 0 saturated heterocycles. The zero-order valence-electron chi connectivity index (χ0n) is 6.72. The Kier molecular flexibility index (Phi) is 5.47. The van der Waals surface area contributed by atoms with E-state index in [2.05, 4.69) is 0 Å². The number of rotatable bonds is 0. The molecule has 0 fully saturated rings. The van der Waals surface area contributed by atoms with Crippen molar-refractivity contribution in [2.45, 2.75) is 6.18 Å². The van der Waals surface area contributed by atoms with Gasteiger partial charge < -0.3 is 11.0 Å². The molecule has 14 heavy (non-hydrogen) atoms. The average Bonchev–Trinajstić information content (AvgIpc) is 1.83. The van der Waals surface area contributed by atoms with E-state index in [0.29, 0.717) is 12.1 Å². The van der Waals surface area contributed by atoms with Gasteiger partial charge in [-0.25, -0.2) is 0 Å². The second-order valence-corrected chi connectivity index (χ2v) is 2.23. The molecule has 0 aliphatic carbocycles. The summed E-state index contributed by atoms with van der Waals surface area (Å²) in [6, 6.07) is 1.98. The average molecular weight is 208 g/mol. The topological polar surface area (TPSA) is 60.0 Å². The summed E-state index contributed by atoms with van der Waals surface area (Å²) in [4.78, 5) is 0. The molecule has 1 aromatic rings. The number of hydrogen-bond donors (Lipinski definition) is 0. The molecule has 1 rings (SSSR count). The van der Waals surface area contributed by atoms with E-state index in [-0.39, 0.29) is 11.0 Å². The van der Waals surface area contributed by atoms with Crippen LogP contribution in [0.3, 0.4) is 0 Å². The van der Waals surface area contributed by atoms with Crippen molar-refractivity contribution < 1.29 is 28.5 Å². The van der Waals surface area contributed by atoms with Crippen LogP contribution in [0, 0.1) is 5.82 Å². The van der Waals surface area contributed by atoms with Crippen LogP contribution in [-0.4, -0.2) is 18.8 Å². The number of hydrogen-bond acceptors (Lipinski definition) is 2. The fraction of sp³-hybridized carbons (Fsp3) is 0.143. The fourth-order valence-electron chi connectivity index (χ4n) is 0.792. The number of halogens is 4. The Hall–Kier alpha value is -1.08. The minimum absolute atomic E-state index is 0. The Morgan fingerprint density at radius 1 is 1.07 bits per heavy atom. The van der Waals surface area contributed by atoms with Crippen molar-refractivity contribution in [3.63, 3.8) is 0 Å². The molecule has 0 heterocycles. The summed E-state index contributed by atoms with van der Waals surface area (Å²) in [5.74, 6) is -0.777. The van der Waals surface area contributed by atoms with E-state index in [1.165, 1.54) is 0 Å². The van der Waals surface area contributed by atoms with Crippen LogP contribution < -0.4 is 5.46 Å². The van der Waals surface area contributed by atoms with E-state index in [1.807, 2.05) is 0 Å². The molecule has 7 heteroatoms. The van der Waals surface area contributed by atoms with Crippen molar-refractivity contribution in [1.29, 1.82) is 0 Å². The third kappa shape index (κ3) is 3.35. The second-order valence-electron chi connectivity index (χ2n) is 2.23. The van der Waals surface area contributed by atoms with E-state index in [4.69, 9.17) is 7.85 Å². The summed E-state index contributed by atoms with van der Waals surface area (Å²) in [5, 5.41) is 0. The molecule has 0 aliphatic heterocycles. The predicted octanol–water partition coefficient (Wildman–Crippen LogP) is 1.28. The maximum Gasteiger partial charge on any atom is -0.870 e. The van der Waals surface area contributed by atoms with Gasteiger partial charge in [0.15, 0.2) is 0 Å². The van der Waals surface area contributed by atoms with Gasteiger partial charge in [-0.2, -0.15) is 0 Å². The van der Waals surface area contributed by atoms with Crippen molar-refractivity contribution in [2.24, 2.45) is 0 Å². The van der Waals surface area contributed by atoms with Crippen LogP contribution in [0.1, 0.15) is 5.56 Å². The molecular formula is C7H5BF4O2. The normalized spacial score (nSPS) is 10.1. The van der Waals surface area contributed by atoms with Crippen molar-refractivity contribution in [3.05, 3.63) is 29.6 Å². The minimum Gasteiger partial charge on any atom is -0.870 e. The molecule has 0 atom stereocenters. The van der Waals surface area contributed by atoms with E-state index in [1.54, 1.807) is 0 Å². The molecule has 0 aromatic heterocycles. The van der Waals surface area contributed by atoms with Crippen molar-refractivity contribution >= 4 is 13.3 Å². The van der Waals surface area contributed by atoms with Gasteiger partial charge in [0.25, 0.3) is 0 Å². The van der Waals surface area contributed by atoms with E-state index in [9.17, 15) is 17.6 Å². The molecule has 0 saturated carbocycles. The molecule has 0 spiro atoms. The summed E-state index contributed by atoms with van der Waals surface area (Å²) >= 11 is 0. The van der Waals surface area contributed by atoms with Crippen molar-refractivity contribution in [3.8, 4) is 0 Å². The summed E-state index contributed by atoms with van der Waals surface area (Å²) in [6.07, 6.45) is -4.52. The fourth-order valence-corrected chi connectivity index (χ4v) is 0.792. The second kappa shape index (κ2) is 4.97. The van der Waals surface area contributed by atoms with Gasteiger partial charge in [0.2, 0.25) is 0 Å². The van der Waals surface area contributed by atoms with Crippen LogP contribution in [0.4, 0.5) is 17.6 Å². The van der Waals surface area contributed by atoms with Gasteiger partial charge in [-0.05, 0) is 0 Å². The van der Waals surface area contributed by atoms with E-state index in [0.717, 1.165) is 6.07 Å². The van der Waals surface area contributed by atoms with Crippen LogP contribution in [0.5, 0.6) is 0 Å². The quantitative estimate of drug-likeness (QED) is 0.476. The Morgan fingerprint density at radius 3 is 1.93 bits per heavy atom. The molecule has 0 unspecified atom stereocenters. The molecular weight excluding hydrogens is 203 g/mol. The SMILES string of the molecule is [B+2]c1cc(F)ccc1C(F)(F)F.[OH-].[OH-]. The van der Waals surface area contributed by atoms with Crippen LogP contribution in [0.25, 0.3) is 0 Å². The zero-order valence-corrected chi connectivity index (χ0v) is 6.72. The third-order valence-electron chi connectivity index (χ3n) is 1.32. The third-order valence-corrected chi connectivity index (χ3v) is 1.32. The molecule has 0 radical (unpaired) electrons.